The van der Waals surface area contributed by atoms with Gasteiger partial charge in [-0.05, 0) is 42.8 Å². The molecule has 3 aromatic rings. The molecule has 1 aromatic heterocycles. The predicted octanol–water partition coefficient (Wildman–Crippen LogP) is 3.60. The number of esters is 2. The number of benzene rings is 2. The van der Waals surface area contributed by atoms with Crippen molar-refractivity contribution in [2.75, 3.05) is 18.5 Å². The van der Waals surface area contributed by atoms with Gasteiger partial charge in [0, 0.05) is 11.1 Å². The van der Waals surface area contributed by atoms with Crippen LogP contribution in [0, 0.1) is 0 Å². The number of hydrogen-bond donors (Lipinski definition) is 1. The van der Waals surface area contributed by atoms with Gasteiger partial charge in [-0.1, -0.05) is 31.2 Å². The van der Waals surface area contributed by atoms with Crippen molar-refractivity contribution in [3.8, 4) is 0 Å². The van der Waals surface area contributed by atoms with Crippen molar-refractivity contribution in [2.45, 2.75) is 13.3 Å². The van der Waals surface area contributed by atoms with Crippen molar-refractivity contribution >= 4 is 34.4 Å². The van der Waals surface area contributed by atoms with Gasteiger partial charge in [-0.25, -0.2) is 14.6 Å². The fourth-order valence-corrected chi connectivity index (χ4v) is 2.55. The number of rotatable bonds is 7. The third-order valence-electron chi connectivity index (χ3n) is 3.98. The Kier molecular flexibility index (Phi) is 6.52. The molecular weight excluding hydrogens is 372 g/mol. The zero-order chi connectivity index (χ0) is 20.6. The van der Waals surface area contributed by atoms with E-state index < -0.39 is 24.5 Å². The first-order chi connectivity index (χ1) is 14.1. The number of carbonyl (C=O) groups excluding carboxylic acids is 3. The van der Waals surface area contributed by atoms with Crippen LogP contribution in [0.25, 0.3) is 10.9 Å². The first-order valence-electron chi connectivity index (χ1n) is 9.17. The molecule has 29 heavy (non-hydrogen) atoms. The molecule has 1 N–H and O–H groups in total. The van der Waals surface area contributed by atoms with Crippen LogP contribution in [0.5, 0.6) is 0 Å². The summed E-state index contributed by atoms with van der Waals surface area (Å²) in [5, 5.41) is 3.51. The van der Waals surface area contributed by atoms with Crippen LogP contribution in [0.2, 0.25) is 0 Å². The molecule has 1 heterocycles. The zero-order valence-corrected chi connectivity index (χ0v) is 15.9. The lowest BCUT2D eigenvalue weighted by molar-refractivity contribution is -0.119. The lowest BCUT2D eigenvalue weighted by Crippen LogP contribution is -2.21. The van der Waals surface area contributed by atoms with Crippen molar-refractivity contribution in [2.24, 2.45) is 0 Å². The van der Waals surface area contributed by atoms with E-state index in [0.717, 1.165) is 11.8 Å². The second-order valence-electron chi connectivity index (χ2n) is 6.23. The normalized spacial score (nSPS) is 10.4. The molecular formula is C22H20N2O5. The summed E-state index contributed by atoms with van der Waals surface area (Å²) in [7, 11) is 0. The van der Waals surface area contributed by atoms with Gasteiger partial charge in [-0.15, -0.1) is 0 Å². The Balaban J connectivity index is 1.52. The standard InChI is InChI=1S/C22H20N2O5/c1-2-13-28-21(26)16-7-10-17(11-8-16)23-20(25)14-29-22(27)19-12-9-15-5-3-4-6-18(15)24-19/h3-12H,2,13-14H2,1H3,(H,23,25). The molecule has 0 atom stereocenters. The number of hydrogen-bond acceptors (Lipinski definition) is 6. The van der Waals surface area contributed by atoms with Crippen LogP contribution in [0.3, 0.4) is 0 Å². The Morgan fingerprint density at radius 3 is 2.41 bits per heavy atom. The average molecular weight is 392 g/mol. The van der Waals surface area contributed by atoms with E-state index >= 15 is 0 Å². The number of aromatic nitrogens is 1. The smallest absolute Gasteiger partial charge is 0.357 e. The summed E-state index contributed by atoms with van der Waals surface area (Å²) >= 11 is 0. The lowest BCUT2D eigenvalue weighted by atomic mass is 10.2. The molecule has 3 rings (SSSR count). The molecule has 2 aromatic carbocycles. The number of nitrogens with zero attached hydrogens (tertiary/aromatic N) is 1. The van der Waals surface area contributed by atoms with Crippen LogP contribution in [-0.2, 0) is 14.3 Å². The van der Waals surface area contributed by atoms with Gasteiger partial charge >= 0.3 is 11.9 Å². The van der Waals surface area contributed by atoms with E-state index in [1.165, 1.54) is 0 Å². The quantitative estimate of drug-likeness (QED) is 0.618. The number of carbonyl (C=O) groups is 3. The van der Waals surface area contributed by atoms with Gasteiger partial charge in [0.15, 0.2) is 6.61 Å². The van der Waals surface area contributed by atoms with Crippen molar-refractivity contribution < 1.29 is 23.9 Å². The predicted molar refractivity (Wildman–Crippen MR) is 108 cm³/mol. The molecule has 0 aliphatic rings. The van der Waals surface area contributed by atoms with Crippen molar-refractivity contribution in [3.05, 3.63) is 71.9 Å². The highest BCUT2D eigenvalue weighted by Crippen LogP contribution is 2.13. The molecule has 0 aliphatic carbocycles. The number of amides is 1. The fourth-order valence-electron chi connectivity index (χ4n) is 2.55. The highest BCUT2D eigenvalue weighted by atomic mass is 16.5. The van der Waals surface area contributed by atoms with E-state index in [-0.39, 0.29) is 5.69 Å². The van der Waals surface area contributed by atoms with Gasteiger partial charge in [0.25, 0.3) is 5.91 Å². The van der Waals surface area contributed by atoms with Crippen molar-refractivity contribution in [3.63, 3.8) is 0 Å². The largest absolute Gasteiger partial charge is 0.462 e. The third kappa shape index (κ3) is 5.38. The second kappa shape index (κ2) is 9.45. The van der Waals surface area contributed by atoms with E-state index in [1.807, 2.05) is 25.1 Å². The summed E-state index contributed by atoms with van der Waals surface area (Å²) in [4.78, 5) is 40.1. The molecule has 7 nitrogen and oxygen atoms in total. The summed E-state index contributed by atoms with van der Waals surface area (Å²) in [6.07, 6.45) is 0.743. The van der Waals surface area contributed by atoms with Crippen LogP contribution in [0.4, 0.5) is 5.69 Å². The van der Waals surface area contributed by atoms with E-state index in [1.54, 1.807) is 42.5 Å². The Morgan fingerprint density at radius 2 is 1.66 bits per heavy atom. The van der Waals surface area contributed by atoms with E-state index in [2.05, 4.69) is 10.3 Å². The maximum Gasteiger partial charge on any atom is 0.357 e. The molecule has 7 heteroatoms. The number of nitrogens with one attached hydrogen (secondary N) is 1. The Bertz CT molecular complexity index is 1030. The summed E-state index contributed by atoms with van der Waals surface area (Å²) in [5.74, 6) is -1.60. The Labute approximate surface area is 167 Å². The van der Waals surface area contributed by atoms with Crippen molar-refractivity contribution in [1.82, 2.24) is 4.98 Å². The molecule has 0 fully saturated rings. The molecule has 1 amide bonds. The molecule has 0 unspecified atom stereocenters. The van der Waals surface area contributed by atoms with Gasteiger partial charge < -0.3 is 14.8 Å². The molecule has 0 aliphatic heterocycles. The number of para-hydroxylation sites is 1. The second-order valence-corrected chi connectivity index (χ2v) is 6.23. The minimum Gasteiger partial charge on any atom is -0.462 e. The first-order valence-corrected chi connectivity index (χ1v) is 9.17. The Hall–Kier alpha value is -3.74. The average Bonchev–Trinajstić information content (AvgIpc) is 2.76. The van der Waals surface area contributed by atoms with Gasteiger partial charge in [0.2, 0.25) is 0 Å². The number of ether oxygens (including phenoxy) is 2. The molecule has 0 spiro atoms. The molecule has 148 valence electrons. The van der Waals surface area contributed by atoms with Crippen LogP contribution < -0.4 is 5.32 Å². The van der Waals surface area contributed by atoms with Crippen LogP contribution in [0.1, 0.15) is 34.2 Å². The summed E-state index contributed by atoms with van der Waals surface area (Å²) in [6.45, 7) is 1.82. The molecule has 0 saturated carbocycles. The maximum atomic E-state index is 12.1. The number of anilines is 1. The highest BCUT2D eigenvalue weighted by molar-refractivity contribution is 5.96. The molecule has 0 saturated heterocycles. The molecule has 0 radical (unpaired) electrons. The topological polar surface area (TPSA) is 94.6 Å². The third-order valence-corrected chi connectivity index (χ3v) is 3.98. The highest BCUT2D eigenvalue weighted by Gasteiger charge is 2.13. The van der Waals surface area contributed by atoms with E-state index in [4.69, 9.17) is 9.47 Å². The van der Waals surface area contributed by atoms with E-state index in [0.29, 0.717) is 23.4 Å². The SMILES string of the molecule is CCCOC(=O)c1ccc(NC(=O)COC(=O)c2ccc3ccccc3n2)cc1. The summed E-state index contributed by atoms with van der Waals surface area (Å²) in [6, 6.07) is 17.0. The van der Waals surface area contributed by atoms with Crippen molar-refractivity contribution in [1.29, 1.82) is 0 Å². The van der Waals surface area contributed by atoms with Crippen LogP contribution in [-0.4, -0.2) is 36.0 Å². The lowest BCUT2D eigenvalue weighted by Gasteiger charge is -2.08. The van der Waals surface area contributed by atoms with Crippen LogP contribution in [0.15, 0.2) is 60.7 Å². The van der Waals surface area contributed by atoms with Gasteiger partial charge in [0.1, 0.15) is 5.69 Å². The summed E-state index contributed by atoms with van der Waals surface area (Å²) in [5.41, 5.74) is 1.67. The zero-order valence-electron chi connectivity index (χ0n) is 15.9. The molecule has 0 bridgehead atoms. The van der Waals surface area contributed by atoms with E-state index in [9.17, 15) is 14.4 Å². The first kappa shape index (κ1) is 20.0. The maximum absolute atomic E-state index is 12.1. The minimum atomic E-state index is -0.681. The van der Waals surface area contributed by atoms with Crippen LogP contribution >= 0.6 is 0 Å². The number of pyridine rings is 1. The summed E-state index contributed by atoms with van der Waals surface area (Å²) < 4.78 is 10.1. The fraction of sp³-hybridized carbons (Fsp3) is 0.182. The Morgan fingerprint density at radius 1 is 0.897 bits per heavy atom. The number of fused-ring (bicyclic) bond motifs is 1. The van der Waals surface area contributed by atoms with Gasteiger partial charge in [-0.2, -0.15) is 0 Å². The minimum absolute atomic E-state index is 0.131. The van der Waals surface area contributed by atoms with Gasteiger partial charge in [0.05, 0.1) is 17.7 Å². The van der Waals surface area contributed by atoms with Gasteiger partial charge in [-0.3, -0.25) is 4.79 Å². The monoisotopic (exact) mass is 392 g/mol.